The van der Waals surface area contributed by atoms with Gasteiger partial charge in [0.1, 0.15) is 42.4 Å². The Balaban J connectivity index is 1.13. The van der Waals surface area contributed by atoms with Crippen molar-refractivity contribution in [3.8, 4) is 0 Å². The molecule has 2 fully saturated rings. The number of fused-ring (bicyclic) bond motifs is 1. The van der Waals surface area contributed by atoms with Crippen molar-refractivity contribution < 1.29 is 57.6 Å². The molecule has 2 aliphatic rings. The van der Waals surface area contributed by atoms with Crippen molar-refractivity contribution in [2.45, 2.75) is 56.2 Å². The second kappa shape index (κ2) is 13.1. The number of anilines is 1. The van der Waals surface area contributed by atoms with Crippen LogP contribution >= 0.6 is 15.2 Å². The highest BCUT2D eigenvalue weighted by Gasteiger charge is 2.46. The molecule has 45 heavy (non-hydrogen) atoms. The summed E-state index contributed by atoms with van der Waals surface area (Å²) in [5.41, 5.74) is 12.4. The fraction of sp³-hybridized carbons (Fsp3) is 0.520. The van der Waals surface area contributed by atoms with Crippen LogP contribution in [0.4, 0.5) is 5.82 Å². The maximum Gasteiger partial charge on any atom is 0.340 e. The molecule has 1 aromatic carbocycles. The number of primary amides is 1. The second-order valence-corrected chi connectivity index (χ2v) is 15.2. The Morgan fingerprint density at radius 1 is 0.978 bits per heavy atom. The summed E-state index contributed by atoms with van der Waals surface area (Å²) in [6.45, 7) is 0.653. The number of nitrogen functional groups attached to an aromatic ring is 1. The van der Waals surface area contributed by atoms with Crippen LogP contribution in [0.3, 0.4) is 0 Å². The van der Waals surface area contributed by atoms with Gasteiger partial charge in [0.2, 0.25) is 5.91 Å². The number of ether oxygens (including phenoxy) is 2. The Morgan fingerprint density at radius 2 is 1.64 bits per heavy atom. The van der Waals surface area contributed by atoms with Crippen molar-refractivity contribution in [1.82, 2.24) is 19.5 Å². The number of nitrogens with zero attached hydrogens (tertiary/aromatic N) is 4. The highest BCUT2D eigenvalue weighted by atomic mass is 31.2. The SMILES string of the molecule is CC1[C@H](Cn2cnc3c(N)ncnc32)O[C@H](COP(=O)(O)CP(=O)(O)OC[C@H]2O[C@@H](c3cccc(C(N)=O)c3)[C@@H](O)C2O)[C@@H]1O. The Morgan fingerprint density at radius 3 is 2.31 bits per heavy atom. The third-order valence-corrected chi connectivity index (χ3v) is 11.7. The number of amides is 1. The molecule has 18 nitrogen and oxygen atoms in total. The second-order valence-electron chi connectivity index (χ2n) is 11.0. The van der Waals surface area contributed by atoms with E-state index in [1.165, 1.54) is 36.9 Å². The van der Waals surface area contributed by atoms with Crippen molar-refractivity contribution in [3.63, 3.8) is 0 Å². The first-order valence-electron chi connectivity index (χ1n) is 13.7. The molecule has 10 atom stereocenters. The lowest BCUT2D eigenvalue weighted by molar-refractivity contribution is -0.0220. The quantitative estimate of drug-likeness (QED) is 0.119. The van der Waals surface area contributed by atoms with Crippen LogP contribution in [0, 0.1) is 5.92 Å². The summed E-state index contributed by atoms with van der Waals surface area (Å²) in [5.74, 6) is -2.25. The van der Waals surface area contributed by atoms with Crippen molar-refractivity contribution >= 4 is 38.1 Å². The number of imidazole rings is 1. The average molecular weight is 673 g/mol. The van der Waals surface area contributed by atoms with E-state index in [4.69, 9.17) is 30.0 Å². The number of benzene rings is 1. The molecule has 0 bridgehead atoms. The molecular weight excluding hydrogens is 638 g/mol. The Hall–Kier alpha value is -2.86. The molecule has 3 aromatic rings. The number of nitrogens with two attached hydrogens (primary N) is 2. The van der Waals surface area contributed by atoms with Gasteiger partial charge in [-0.2, -0.15) is 0 Å². The van der Waals surface area contributed by atoms with E-state index in [0.717, 1.165) is 0 Å². The largest absolute Gasteiger partial charge is 0.390 e. The predicted molar refractivity (Wildman–Crippen MR) is 155 cm³/mol. The number of aliphatic hydroxyl groups excluding tert-OH is 3. The molecule has 2 aliphatic heterocycles. The summed E-state index contributed by atoms with van der Waals surface area (Å²) in [4.78, 5) is 44.3. The third-order valence-electron chi connectivity index (χ3n) is 7.76. The van der Waals surface area contributed by atoms with Gasteiger partial charge in [0.05, 0.1) is 38.3 Å². The summed E-state index contributed by atoms with van der Waals surface area (Å²) in [6, 6.07) is 5.87. The molecule has 2 saturated heterocycles. The molecule has 0 aliphatic carbocycles. The molecule has 0 radical (unpaired) electrons. The number of carbonyl (C=O) groups excluding carboxylic acids is 1. The van der Waals surface area contributed by atoms with Crippen LogP contribution in [0.2, 0.25) is 0 Å². The van der Waals surface area contributed by atoms with Gasteiger partial charge in [-0.3, -0.25) is 13.9 Å². The first-order valence-corrected chi connectivity index (χ1v) is 17.3. The minimum absolute atomic E-state index is 0.143. The fourth-order valence-electron chi connectivity index (χ4n) is 5.28. The van der Waals surface area contributed by atoms with Crippen molar-refractivity contribution in [2.75, 3.05) is 24.9 Å². The first kappa shape index (κ1) is 33.5. The Kier molecular flexibility index (Phi) is 9.75. The highest BCUT2D eigenvalue weighted by Crippen LogP contribution is 2.58. The number of carbonyl (C=O) groups is 1. The molecule has 20 heteroatoms. The number of hydrogen-bond donors (Lipinski definition) is 7. The van der Waals surface area contributed by atoms with Gasteiger partial charge in [-0.15, -0.1) is 0 Å². The summed E-state index contributed by atoms with van der Waals surface area (Å²) in [6.07, 6.45) is -5.33. The minimum Gasteiger partial charge on any atom is -0.390 e. The summed E-state index contributed by atoms with van der Waals surface area (Å²) in [5, 5.41) is 31.6. The van der Waals surface area contributed by atoms with E-state index in [0.29, 0.717) is 16.7 Å². The van der Waals surface area contributed by atoms with Crippen LogP contribution in [0.1, 0.15) is 28.9 Å². The van der Waals surface area contributed by atoms with E-state index in [1.54, 1.807) is 11.5 Å². The van der Waals surface area contributed by atoms with E-state index >= 15 is 0 Å². The molecule has 9 N–H and O–H groups in total. The zero-order valence-corrected chi connectivity index (χ0v) is 25.6. The predicted octanol–water partition coefficient (Wildman–Crippen LogP) is -0.505. The normalized spacial score (nSPS) is 31.2. The summed E-state index contributed by atoms with van der Waals surface area (Å²) >= 11 is 0. The Bertz CT molecular complexity index is 1640. The van der Waals surface area contributed by atoms with E-state index in [-0.39, 0.29) is 17.9 Å². The Labute approximate surface area is 256 Å². The van der Waals surface area contributed by atoms with E-state index in [9.17, 15) is 39.0 Å². The van der Waals surface area contributed by atoms with Gasteiger partial charge in [0, 0.05) is 11.5 Å². The van der Waals surface area contributed by atoms with Crippen LogP contribution in [0.15, 0.2) is 36.9 Å². The number of hydrogen-bond acceptors (Lipinski definition) is 14. The van der Waals surface area contributed by atoms with Gasteiger partial charge >= 0.3 is 15.2 Å². The average Bonchev–Trinajstić information content (AvgIpc) is 3.61. The van der Waals surface area contributed by atoms with E-state index in [1.807, 2.05) is 0 Å². The lowest BCUT2D eigenvalue weighted by Gasteiger charge is -2.21. The zero-order valence-electron chi connectivity index (χ0n) is 23.8. The zero-order chi connectivity index (χ0) is 32.7. The molecular formula is C25H34N6O12P2. The molecule has 0 spiro atoms. The van der Waals surface area contributed by atoms with Crippen LogP contribution in [0.5, 0.6) is 0 Å². The topological polar surface area (TPSA) is 285 Å². The lowest BCUT2D eigenvalue weighted by Crippen LogP contribution is -2.33. The molecule has 246 valence electrons. The summed E-state index contributed by atoms with van der Waals surface area (Å²) in [7, 11) is -9.56. The van der Waals surface area contributed by atoms with Gasteiger partial charge in [-0.1, -0.05) is 19.1 Å². The van der Waals surface area contributed by atoms with E-state index in [2.05, 4.69) is 15.0 Å². The van der Waals surface area contributed by atoms with Gasteiger partial charge < -0.3 is 59.7 Å². The van der Waals surface area contributed by atoms with Crippen LogP contribution < -0.4 is 11.5 Å². The molecule has 5 rings (SSSR count). The number of aliphatic hydroxyl groups is 3. The summed E-state index contributed by atoms with van der Waals surface area (Å²) < 4.78 is 48.6. The maximum absolute atomic E-state index is 12.7. The van der Waals surface area contributed by atoms with Gasteiger partial charge in [-0.05, 0) is 17.7 Å². The molecule has 1 amide bonds. The van der Waals surface area contributed by atoms with Crippen LogP contribution in [0.25, 0.3) is 11.2 Å². The monoisotopic (exact) mass is 672 g/mol. The van der Waals surface area contributed by atoms with Crippen LogP contribution in [-0.2, 0) is 34.2 Å². The highest BCUT2D eigenvalue weighted by molar-refractivity contribution is 7.70. The van der Waals surface area contributed by atoms with Crippen molar-refractivity contribution in [1.29, 1.82) is 0 Å². The smallest absolute Gasteiger partial charge is 0.340 e. The fourth-order valence-corrected chi connectivity index (χ4v) is 8.50. The van der Waals surface area contributed by atoms with Crippen molar-refractivity contribution in [3.05, 3.63) is 48.0 Å². The molecule has 4 heterocycles. The maximum atomic E-state index is 12.7. The minimum atomic E-state index is -4.80. The van der Waals surface area contributed by atoms with Crippen molar-refractivity contribution in [2.24, 2.45) is 11.7 Å². The lowest BCUT2D eigenvalue weighted by atomic mass is 9.98. The number of rotatable bonds is 12. The third kappa shape index (κ3) is 7.42. The van der Waals surface area contributed by atoms with Gasteiger partial charge in [0.15, 0.2) is 17.4 Å². The van der Waals surface area contributed by atoms with Gasteiger partial charge in [0.25, 0.3) is 0 Å². The van der Waals surface area contributed by atoms with Gasteiger partial charge in [-0.25, -0.2) is 15.0 Å². The molecule has 2 aromatic heterocycles. The number of aromatic nitrogens is 4. The standard InChI is InChI=1S/C25H34N6O12P2/c1-12-15(6-31-10-30-18-23(26)28-9-29-25(18)31)42-16(19(12)32)7-40-44(36,37)11-45(38,39)41-8-17-20(33)21(34)22(43-17)13-3-2-4-14(5-13)24(27)35/h2-5,9-10,12,15-17,19-22,32-34H,6-8,11H2,1H3,(H2,27,35)(H,36,37)(H,38,39)(H2,26,28,29)/t12?,15-,16+,17+,19+,20?,21-,22-/m0/s1. The molecule has 4 unspecified atom stereocenters. The molecule has 0 saturated carbocycles. The van der Waals surface area contributed by atoms with E-state index < -0.39 is 88.9 Å². The first-order chi connectivity index (χ1) is 21.2. The van der Waals surface area contributed by atoms with Crippen LogP contribution in [-0.4, -0.2) is 106 Å².